The lowest BCUT2D eigenvalue weighted by atomic mass is 10.2. The molecule has 2 aromatic carbocycles. The Balaban J connectivity index is 1.69. The number of benzene rings is 2. The van der Waals surface area contributed by atoms with E-state index in [0.717, 1.165) is 10.6 Å². The van der Waals surface area contributed by atoms with E-state index in [4.69, 9.17) is 9.47 Å². The highest BCUT2D eigenvalue weighted by molar-refractivity contribution is 7.89. The summed E-state index contributed by atoms with van der Waals surface area (Å²) < 4.78 is 51.5. The van der Waals surface area contributed by atoms with Crippen LogP contribution in [0.3, 0.4) is 0 Å². The van der Waals surface area contributed by atoms with Gasteiger partial charge in [0.25, 0.3) is 0 Å². The van der Waals surface area contributed by atoms with Crippen molar-refractivity contribution in [1.29, 1.82) is 0 Å². The van der Waals surface area contributed by atoms with Gasteiger partial charge in [0, 0.05) is 23.1 Å². The standard InChI is InChI=1S/C20H21FN2O4S2/c1-13-19(28-20(23-13)14-5-4-6-15(21)11-14)9-10-22-29(24,25)16-7-8-17(26-2)18(12-16)27-3/h4-8,11-12,22H,9-10H2,1-3H3. The van der Waals surface area contributed by atoms with Gasteiger partial charge < -0.3 is 9.47 Å². The summed E-state index contributed by atoms with van der Waals surface area (Å²) in [6.07, 6.45) is 0.478. The maximum Gasteiger partial charge on any atom is 0.240 e. The van der Waals surface area contributed by atoms with Crippen molar-refractivity contribution in [2.24, 2.45) is 0 Å². The summed E-state index contributed by atoms with van der Waals surface area (Å²) >= 11 is 1.43. The maximum atomic E-state index is 13.4. The molecule has 9 heteroatoms. The molecule has 0 fully saturated rings. The number of aromatic nitrogens is 1. The minimum absolute atomic E-state index is 0.0941. The van der Waals surface area contributed by atoms with E-state index >= 15 is 0 Å². The predicted molar refractivity (Wildman–Crippen MR) is 111 cm³/mol. The molecule has 0 unspecified atom stereocenters. The zero-order valence-electron chi connectivity index (χ0n) is 16.2. The van der Waals surface area contributed by atoms with Crippen LogP contribution < -0.4 is 14.2 Å². The Morgan fingerprint density at radius 1 is 1.10 bits per heavy atom. The Morgan fingerprint density at radius 2 is 1.86 bits per heavy atom. The normalized spacial score (nSPS) is 11.4. The summed E-state index contributed by atoms with van der Waals surface area (Å²) in [6, 6.07) is 10.7. The average molecular weight is 437 g/mol. The topological polar surface area (TPSA) is 77.5 Å². The number of hydrogen-bond acceptors (Lipinski definition) is 6. The van der Waals surface area contributed by atoms with E-state index in [1.54, 1.807) is 18.2 Å². The molecule has 29 heavy (non-hydrogen) atoms. The molecule has 3 aromatic rings. The Morgan fingerprint density at radius 3 is 2.55 bits per heavy atom. The second kappa shape index (κ2) is 8.89. The SMILES string of the molecule is COc1ccc(S(=O)(=O)NCCc2sc(-c3cccc(F)c3)nc2C)cc1OC. The molecule has 1 heterocycles. The number of thiazole rings is 1. The molecule has 0 atom stereocenters. The van der Waals surface area contributed by atoms with Crippen LogP contribution in [-0.2, 0) is 16.4 Å². The van der Waals surface area contributed by atoms with Gasteiger partial charge in [0.15, 0.2) is 11.5 Å². The summed E-state index contributed by atoms with van der Waals surface area (Å²) in [4.78, 5) is 5.52. The molecule has 0 saturated carbocycles. The van der Waals surface area contributed by atoms with E-state index < -0.39 is 10.0 Å². The van der Waals surface area contributed by atoms with Crippen LogP contribution in [0.5, 0.6) is 11.5 Å². The predicted octanol–water partition coefficient (Wildman–Crippen LogP) is 3.80. The van der Waals surface area contributed by atoms with Crippen molar-refractivity contribution in [3.8, 4) is 22.1 Å². The first kappa shape index (κ1) is 21.2. The minimum Gasteiger partial charge on any atom is -0.493 e. The van der Waals surface area contributed by atoms with Gasteiger partial charge in [-0.1, -0.05) is 12.1 Å². The molecule has 0 saturated heterocycles. The van der Waals surface area contributed by atoms with Crippen LogP contribution >= 0.6 is 11.3 Å². The first-order chi connectivity index (χ1) is 13.8. The van der Waals surface area contributed by atoms with Crippen LogP contribution in [0.25, 0.3) is 10.6 Å². The summed E-state index contributed by atoms with van der Waals surface area (Å²) in [7, 11) is -0.768. The summed E-state index contributed by atoms with van der Waals surface area (Å²) in [6.45, 7) is 2.07. The van der Waals surface area contributed by atoms with Gasteiger partial charge >= 0.3 is 0 Å². The van der Waals surface area contributed by atoms with Crippen molar-refractivity contribution in [2.75, 3.05) is 20.8 Å². The molecule has 1 aromatic heterocycles. The Hall–Kier alpha value is -2.49. The third-order valence-electron chi connectivity index (χ3n) is 4.27. The molecule has 1 N–H and O–H groups in total. The van der Waals surface area contributed by atoms with E-state index in [1.165, 1.54) is 49.8 Å². The fourth-order valence-corrected chi connectivity index (χ4v) is 4.88. The van der Waals surface area contributed by atoms with Gasteiger partial charge in [-0.25, -0.2) is 22.5 Å². The van der Waals surface area contributed by atoms with Crippen LogP contribution in [0.4, 0.5) is 4.39 Å². The van der Waals surface area contributed by atoms with Gasteiger partial charge in [-0.2, -0.15) is 0 Å². The van der Waals surface area contributed by atoms with Crippen LogP contribution in [0.1, 0.15) is 10.6 Å². The van der Waals surface area contributed by atoms with Crippen molar-refractivity contribution in [3.63, 3.8) is 0 Å². The molecule has 154 valence electrons. The minimum atomic E-state index is -3.70. The van der Waals surface area contributed by atoms with Crippen molar-refractivity contribution < 1.29 is 22.3 Å². The van der Waals surface area contributed by atoms with Crippen molar-refractivity contribution >= 4 is 21.4 Å². The van der Waals surface area contributed by atoms with E-state index in [0.29, 0.717) is 28.5 Å². The average Bonchev–Trinajstić information content (AvgIpc) is 3.08. The monoisotopic (exact) mass is 436 g/mol. The van der Waals surface area contributed by atoms with Gasteiger partial charge in [0.05, 0.1) is 24.8 Å². The number of hydrogen-bond donors (Lipinski definition) is 1. The number of sulfonamides is 1. The van der Waals surface area contributed by atoms with Gasteiger partial charge in [0.2, 0.25) is 10.0 Å². The number of rotatable bonds is 8. The molecule has 0 aliphatic rings. The first-order valence-corrected chi connectivity index (χ1v) is 11.1. The molecule has 0 radical (unpaired) electrons. The smallest absolute Gasteiger partial charge is 0.240 e. The highest BCUT2D eigenvalue weighted by Crippen LogP contribution is 2.30. The lowest BCUT2D eigenvalue weighted by molar-refractivity contribution is 0.354. The molecule has 3 rings (SSSR count). The molecule has 0 spiro atoms. The number of aryl methyl sites for hydroxylation is 1. The fourth-order valence-electron chi connectivity index (χ4n) is 2.77. The molecule has 6 nitrogen and oxygen atoms in total. The van der Waals surface area contributed by atoms with Gasteiger partial charge in [-0.05, 0) is 37.6 Å². The van der Waals surface area contributed by atoms with Crippen LogP contribution in [-0.4, -0.2) is 34.2 Å². The summed E-state index contributed by atoms with van der Waals surface area (Å²) in [5.41, 5.74) is 1.51. The van der Waals surface area contributed by atoms with Gasteiger partial charge in [-0.15, -0.1) is 11.3 Å². The zero-order chi connectivity index (χ0) is 21.0. The molecule has 0 amide bonds. The van der Waals surface area contributed by atoms with Gasteiger partial charge in [0.1, 0.15) is 10.8 Å². The number of nitrogens with zero attached hydrogens (tertiary/aromatic N) is 1. The Kier molecular flexibility index (Phi) is 6.51. The first-order valence-electron chi connectivity index (χ1n) is 8.78. The van der Waals surface area contributed by atoms with Crippen LogP contribution in [0.15, 0.2) is 47.4 Å². The second-order valence-corrected chi connectivity index (χ2v) is 9.05. The quantitative estimate of drug-likeness (QED) is 0.581. The highest BCUT2D eigenvalue weighted by Gasteiger charge is 2.17. The van der Waals surface area contributed by atoms with E-state index in [2.05, 4.69) is 9.71 Å². The third kappa shape index (κ3) is 4.92. The Bertz CT molecular complexity index is 1110. The lowest BCUT2D eigenvalue weighted by Gasteiger charge is -2.11. The van der Waals surface area contributed by atoms with Crippen molar-refractivity contribution in [2.45, 2.75) is 18.2 Å². The molecular formula is C20H21FN2O4S2. The van der Waals surface area contributed by atoms with Crippen LogP contribution in [0.2, 0.25) is 0 Å². The van der Waals surface area contributed by atoms with E-state index in [-0.39, 0.29) is 17.3 Å². The summed E-state index contributed by atoms with van der Waals surface area (Å²) in [5.74, 6) is 0.476. The van der Waals surface area contributed by atoms with E-state index in [1.807, 2.05) is 6.92 Å². The van der Waals surface area contributed by atoms with Crippen molar-refractivity contribution in [3.05, 3.63) is 58.9 Å². The number of halogens is 1. The van der Waals surface area contributed by atoms with Crippen molar-refractivity contribution in [1.82, 2.24) is 9.71 Å². The fraction of sp³-hybridized carbons (Fsp3) is 0.250. The second-order valence-electron chi connectivity index (χ2n) is 6.20. The molecule has 0 aliphatic carbocycles. The third-order valence-corrected chi connectivity index (χ3v) is 7.00. The molecular weight excluding hydrogens is 415 g/mol. The van der Waals surface area contributed by atoms with Crippen LogP contribution in [0, 0.1) is 12.7 Å². The Labute approximate surface area is 173 Å². The van der Waals surface area contributed by atoms with Gasteiger partial charge in [-0.3, -0.25) is 0 Å². The zero-order valence-corrected chi connectivity index (χ0v) is 17.9. The largest absolute Gasteiger partial charge is 0.493 e. The number of ether oxygens (including phenoxy) is 2. The maximum absolute atomic E-state index is 13.4. The summed E-state index contributed by atoms with van der Waals surface area (Å²) in [5, 5.41) is 0.708. The molecule has 0 aliphatic heterocycles. The molecule has 0 bridgehead atoms. The highest BCUT2D eigenvalue weighted by atomic mass is 32.2. The number of nitrogens with one attached hydrogen (secondary N) is 1. The lowest BCUT2D eigenvalue weighted by Crippen LogP contribution is -2.26. The number of methoxy groups -OCH3 is 2. The van der Waals surface area contributed by atoms with E-state index in [9.17, 15) is 12.8 Å².